The first-order valence-electron chi connectivity index (χ1n) is 9.20. The van der Waals surface area contributed by atoms with Crippen LogP contribution in [0, 0.1) is 0 Å². The van der Waals surface area contributed by atoms with Crippen molar-refractivity contribution in [1.82, 2.24) is 15.4 Å². The van der Waals surface area contributed by atoms with Gasteiger partial charge in [0.15, 0.2) is 17.5 Å². The molecule has 28 heavy (non-hydrogen) atoms. The Balaban J connectivity index is 0.00000729. The number of hydrogen-bond acceptors (Lipinski definition) is 5. The predicted molar refractivity (Wildman–Crippen MR) is 125 cm³/mol. The van der Waals surface area contributed by atoms with Gasteiger partial charge >= 0.3 is 0 Å². The molecule has 1 aromatic rings. The van der Waals surface area contributed by atoms with Crippen LogP contribution in [-0.4, -0.2) is 53.5 Å². The Morgan fingerprint density at radius 1 is 1.11 bits per heavy atom. The first kappa shape index (κ1) is 26.7. The summed E-state index contributed by atoms with van der Waals surface area (Å²) in [6.07, 6.45) is 0. The number of hydrogen-bond donors (Lipinski definition) is 3. The fourth-order valence-corrected chi connectivity index (χ4v) is 2.93. The number of rotatable bonds is 11. The molecule has 1 unspecified atom stereocenters. The topological polar surface area (TPSA) is 101 Å². The molecule has 8 nitrogen and oxygen atoms in total. The Hall–Kier alpha value is -1.27. The summed E-state index contributed by atoms with van der Waals surface area (Å²) in [5, 5.41) is 6.37. The molecule has 1 aromatic carbocycles. The van der Waals surface area contributed by atoms with Crippen molar-refractivity contribution in [3.63, 3.8) is 0 Å². The number of sulfonamides is 1. The Kier molecular flexibility index (Phi) is 13.2. The van der Waals surface area contributed by atoms with Crippen molar-refractivity contribution in [2.24, 2.45) is 4.99 Å². The van der Waals surface area contributed by atoms with Crippen LogP contribution in [0.25, 0.3) is 0 Å². The maximum Gasteiger partial charge on any atom is 0.211 e. The Labute approximate surface area is 185 Å². The predicted octanol–water partition coefficient (Wildman–Crippen LogP) is 2.27. The largest absolute Gasteiger partial charge is 0.490 e. The zero-order valence-corrected chi connectivity index (χ0v) is 20.4. The lowest BCUT2D eigenvalue weighted by molar-refractivity contribution is 0.287. The van der Waals surface area contributed by atoms with Crippen molar-refractivity contribution < 1.29 is 17.9 Å². The van der Waals surface area contributed by atoms with Crippen LogP contribution in [0.5, 0.6) is 11.5 Å². The van der Waals surface area contributed by atoms with E-state index in [0.29, 0.717) is 38.0 Å². The minimum atomic E-state index is -3.19. The van der Waals surface area contributed by atoms with Crippen molar-refractivity contribution in [2.45, 2.75) is 33.7 Å². The fraction of sp³-hybridized carbons (Fsp3) is 0.611. The third-order valence-corrected chi connectivity index (χ3v) is 5.17. The molecule has 10 heteroatoms. The van der Waals surface area contributed by atoms with Gasteiger partial charge in [-0.2, -0.15) is 0 Å². The van der Waals surface area contributed by atoms with Crippen molar-refractivity contribution >= 4 is 40.0 Å². The molecule has 1 rings (SSSR count). The summed E-state index contributed by atoms with van der Waals surface area (Å²) >= 11 is 0. The molecule has 3 N–H and O–H groups in total. The van der Waals surface area contributed by atoms with Gasteiger partial charge in [0.2, 0.25) is 10.0 Å². The van der Waals surface area contributed by atoms with Gasteiger partial charge < -0.3 is 20.1 Å². The van der Waals surface area contributed by atoms with Crippen LogP contribution < -0.4 is 24.8 Å². The first-order chi connectivity index (χ1) is 12.9. The van der Waals surface area contributed by atoms with E-state index >= 15 is 0 Å². The van der Waals surface area contributed by atoms with Crippen LogP contribution in [0.2, 0.25) is 0 Å². The van der Waals surface area contributed by atoms with Crippen molar-refractivity contribution in [1.29, 1.82) is 0 Å². The molecule has 0 aromatic heterocycles. The second kappa shape index (κ2) is 13.8. The molecule has 1 atom stereocenters. The molecule has 0 spiro atoms. The highest BCUT2D eigenvalue weighted by molar-refractivity contribution is 14.0. The molecule has 0 bridgehead atoms. The fourth-order valence-electron chi connectivity index (χ4n) is 2.31. The van der Waals surface area contributed by atoms with Crippen LogP contribution in [0.1, 0.15) is 39.3 Å². The van der Waals surface area contributed by atoms with Gasteiger partial charge in [-0.25, -0.2) is 13.1 Å². The molecule has 0 heterocycles. The molecular weight excluding hydrogens is 495 g/mol. The molecule has 0 aliphatic carbocycles. The monoisotopic (exact) mass is 528 g/mol. The number of benzene rings is 1. The molecule has 0 saturated heterocycles. The summed E-state index contributed by atoms with van der Waals surface area (Å²) in [5.74, 6) is 2.09. The van der Waals surface area contributed by atoms with E-state index in [-0.39, 0.29) is 35.8 Å². The number of halogens is 1. The lowest BCUT2D eigenvalue weighted by Crippen LogP contribution is -2.42. The second-order valence-electron chi connectivity index (χ2n) is 5.73. The van der Waals surface area contributed by atoms with Gasteiger partial charge in [0, 0.05) is 20.1 Å². The Morgan fingerprint density at radius 2 is 1.75 bits per heavy atom. The summed E-state index contributed by atoms with van der Waals surface area (Å²) in [7, 11) is -1.52. The molecular formula is C18H33IN4O4S. The van der Waals surface area contributed by atoms with Gasteiger partial charge in [0.1, 0.15) is 0 Å². The second-order valence-corrected chi connectivity index (χ2v) is 7.83. The van der Waals surface area contributed by atoms with Crippen LogP contribution in [0.15, 0.2) is 23.2 Å². The summed E-state index contributed by atoms with van der Waals surface area (Å²) < 4.78 is 36.6. The van der Waals surface area contributed by atoms with E-state index in [4.69, 9.17) is 9.47 Å². The minimum absolute atomic E-state index is 0. The van der Waals surface area contributed by atoms with Gasteiger partial charge in [-0.1, -0.05) is 6.07 Å². The quantitative estimate of drug-likeness (QED) is 0.176. The standard InChI is InChI=1S/C18H32N4O4S.HI/c1-6-25-16-10-9-15(13-17(16)26-7-2)14(4)22-18(19-5)20-11-12-21-27(23,24)8-3;/h9-10,13-14,21H,6-8,11-12H2,1-5H3,(H2,19,20,22);1H. The van der Waals surface area contributed by atoms with Gasteiger partial charge in [0.05, 0.1) is 25.0 Å². The molecule has 0 aliphatic rings. The van der Waals surface area contributed by atoms with Crippen LogP contribution in [-0.2, 0) is 10.0 Å². The Bertz CT molecular complexity index is 714. The maximum atomic E-state index is 11.4. The van der Waals surface area contributed by atoms with E-state index < -0.39 is 10.0 Å². The normalized spacial score (nSPS) is 12.7. The van der Waals surface area contributed by atoms with Gasteiger partial charge in [-0.3, -0.25) is 4.99 Å². The van der Waals surface area contributed by atoms with Gasteiger partial charge in [0.25, 0.3) is 0 Å². The van der Waals surface area contributed by atoms with Gasteiger partial charge in [-0.05, 0) is 45.4 Å². The van der Waals surface area contributed by atoms with E-state index in [1.807, 2.05) is 39.0 Å². The highest BCUT2D eigenvalue weighted by atomic mass is 127. The summed E-state index contributed by atoms with van der Waals surface area (Å²) in [6, 6.07) is 5.80. The lowest BCUT2D eigenvalue weighted by Gasteiger charge is -2.20. The van der Waals surface area contributed by atoms with Crippen molar-refractivity contribution in [3.05, 3.63) is 23.8 Å². The third-order valence-electron chi connectivity index (χ3n) is 3.76. The average molecular weight is 528 g/mol. The SMILES string of the molecule is CCOc1ccc(C(C)NC(=NC)NCCNS(=O)(=O)CC)cc1OCC.I. The van der Waals surface area contributed by atoms with Crippen LogP contribution in [0.3, 0.4) is 0 Å². The van der Waals surface area contributed by atoms with Crippen molar-refractivity contribution in [2.75, 3.05) is 39.1 Å². The van der Waals surface area contributed by atoms with Crippen molar-refractivity contribution in [3.8, 4) is 11.5 Å². The summed E-state index contributed by atoms with van der Waals surface area (Å²) in [6.45, 7) is 9.34. The number of nitrogens with zero attached hydrogens (tertiary/aromatic N) is 1. The van der Waals surface area contributed by atoms with E-state index in [1.165, 1.54) is 0 Å². The number of guanidine groups is 1. The molecule has 0 saturated carbocycles. The first-order valence-corrected chi connectivity index (χ1v) is 10.9. The Morgan fingerprint density at radius 3 is 2.32 bits per heavy atom. The maximum absolute atomic E-state index is 11.4. The van der Waals surface area contributed by atoms with Gasteiger partial charge in [-0.15, -0.1) is 24.0 Å². The smallest absolute Gasteiger partial charge is 0.211 e. The number of nitrogens with one attached hydrogen (secondary N) is 3. The number of aliphatic imine (C=N–C) groups is 1. The molecule has 0 amide bonds. The van der Waals surface area contributed by atoms with Crippen LogP contribution in [0.4, 0.5) is 0 Å². The average Bonchev–Trinajstić information content (AvgIpc) is 2.65. The zero-order chi connectivity index (χ0) is 20.3. The highest BCUT2D eigenvalue weighted by Crippen LogP contribution is 2.30. The molecule has 162 valence electrons. The van der Waals surface area contributed by atoms with E-state index in [1.54, 1.807) is 14.0 Å². The van der Waals surface area contributed by atoms with E-state index in [0.717, 1.165) is 11.3 Å². The highest BCUT2D eigenvalue weighted by Gasteiger charge is 2.12. The minimum Gasteiger partial charge on any atom is -0.490 e. The molecule has 0 radical (unpaired) electrons. The third kappa shape index (κ3) is 9.28. The van der Waals surface area contributed by atoms with Crippen LogP contribution >= 0.6 is 24.0 Å². The molecule has 0 fully saturated rings. The summed E-state index contributed by atoms with van der Waals surface area (Å²) in [5.41, 5.74) is 1.02. The lowest BCUT2D eigenvalue weighted by atomic mass is 10.1. The zero-order valence-electron chi connectivity index (χ0n) is 17.2. The number of ether oxygens (including phenoxy) is 2. The van der Waals surface area contributed by atoms with E-state index in [2.05, 4.69) is 20.3 Å². The molecule has 0 aliphatic heterocycles. The van der Waals surface area contributed by atoms with E-state index in [9.17, 15) is 8.42 Å². The summed E-state index contributed by atoms with van der Waals surface area (Å²) in [4.78, 5) is 4.17.